The second-order valence-corrected chi connectivity index (χ2v) is 6.26. The van der Waals surface area contributed by atoms with Crippen LogP contribution in [-0.4, -0.2) is 55.6 Å². The van der Waals surface area contributed by atoms with Crippen molar-refractivity contribution in [3.63, 3.8) is 0 Å². The molecule has 17 heavy (non-hydrogen) atoms. The van der Waals surface area contributed by atoms with Crippen LogP contribution in [0.1, 0.15) is 38.5 Å². The highest BCUT2D eigenvalue weighted by Crippen LogP contribution is 2.26. The number of rotatable bonds is 3. The van der Waals surface area contributed by atoms with E-state index in [4.69, 9.17) is 5.73 Å². The summed E-state index contributed by atoms with van der Waals surface area (Å²) in [5.74, 6) is 0.904. The summed E-state index contributed by atoms with van der Waals surface area (Å²) in [5.41, 5.74) is 6.28. The summed E-state index contributed by atoms with van der Waals surface area (Å²) in [4.78, 5) is 5.00. The fourth-order valence-corrected chi connectivity index (χ4v) is 3.58. The Kier molecular flexibility index (Phi) is 4.83. The van der Waals surface area contributed by atoms with Crippen LogP contribution in [0.4, 0.5) is 0 Å². The molecular weight excluding hydrogens is 210 g/mol. The highest BCUT2D eigenvalue weighted by atomic mass is 15.2. The Bertz CT molecular complexity index is 222. The quantitative estimate of drug-likeness (QED) is 0.811. The van der Waals surface area contributed by atoms with Gasteiger partial charge < -0.3 is 10.6 Å². The van der Waals surface area contributed by atoms with E-state index in [9.17, 15) is 0 Å². The maximum atomic E-state index is 6.28. The van der Waals surface area contributed by atoms with Crippen molar-refractivity contribution in [1.29, 1.82) is 0 Å². The molecule has 0 bridgehead atoms. The van der Waals surface area contributed by atoms with E-state index in [0.29, 0.717) is 12.1 Å². The zero-order valence-electron chi connectivity index (χ0n) is 11.6. The third kappa shape index (κ3) is 3.67. The van der Waals surface area contributed by atoms with Crippen molar-refractivity contribution >= 4 is 0 Å². The lowest BCUT2D eigenvalue weighted by Crippen LogP contribution is -2.52. The predicted molar refractivity (Wildman–Crippen MR) is 73.1 cm³/mol. The highest BCUT2D eigenvalue weighted by molar-refractivity contribution is 4.88. The summed E-state index contributed by atoms with van der Waals surface area (Å²) in [6, 6.07) is 1.12. The molecule has 2 aliphatic rings. The Morgan fingerprint density at radius 1 is 1.06 bits per heavy atom. The molecule has 0 amide bonds. The third-order valence-corrected chi connectivity index (χ3v) is 4.52. The van der Waals surface area contributed by atoms with Crippen LogP contribution >= 0.6 is 0 Å². The molecular formula is C14H29N3. The first-order chi connectivity index (χ1) is 8.16. The molecule has 1 aliphatic carbocycles. The van der Waals surface area contributed by atoms with E-state index in [1.165, 1.54) is 58.2 Å². The van der Waals surface area contributed by atoms with Gasteiger partial charge in [-0.05, 0) is 58.8 Å². The number of nitrogens with zero attached hydrogens (tertiary/aromatic N) is 2. The average molecular weight is 239 g/mol. The number of likely N-dealkylation sites (tertiary alicyclic amines) is 1. The molecule has 2 unspecified atom stereocenters. The maximum absolute atomic E-state index is 6.28. The largest absolute Gasteiger partial charge is 0.326 e. The summed E-state index contributed by atoms with van der Waals surface area (Å²) >= 11 is 0. The predicted octanol–water partition coefficient (Wildman–Crippen LogP) is 1.53. The molecule has 3 heteroatoms. The molecule has 100 valence electrons. The van der Waals surface area contributed by atoms with E-state index in [0.717, 1.165) is 5.92 Å². The van der Waals surface area contributed by atoms with Crippen molar-refractivity contribution < 1.29 is 0 Å². The van der Waals surface area contributed by atoms with Gasteiger partial charge in [0.15, 0.2) is 0 Å². The molecule has 2 N–H and O–H groups in total. The zero-order valence-corrected chi connectivity index (χ0v) is 11.6. The van der Waals surface area contributed by atoms with E-state index in [-0.39, 0.29) is 0 Å². The van der Waals surface area contributed by atoms with E-state index in [2.05, 4.69) is 23.9 Å². The van der Waals surface area contributed by atoms with Crippen molar-refractivity contribution in [2.75, 3.05) is 33.7 Å². The van der Waals surface area contributed by atoms with E-state index in [1.54, 1.807) is 0 Å². The fraction of sp³-hybridized carbons (Fsp3) is 1.00. The van der Waals surface area contributed by atoms with Gasteiger partial charge in [0, 0.05) is 18.6 Å². The molecule has 3 nitrogen and oxygen atoms in total. The molecule has 1 saturated heterocycles. The Hall–Kier alpha value is -0.120. The Morgan fingerprint density at radius 3 is 2.29 bits per heavy atom. The number of hydrogen-bond acceptors (Lipinski definition) is 3. The van der Waals surface area contributed by atoms with Gasteiger partial charge in [-0.1, -0.05) is 12.8 Å². The Balaban J connectivity index is 1.78. The maximum Gasteiger partial charge on any atom is 0.0247 e. The number of hydrogen-bond donors (Lipinski definition) is 1. The SMILES string of the molecule is CN(C)CC1CCN(C2CCCCC2N)CC1. The topological polar surface area (TPSA) is 32.5 Å². The minimum atomic E-state index is 0.439. The van der Waals surface area contributed by atoms with Crippen LogP contribution in [0, 0.1) is 5.92 Å². The van der Waals surface area contributed by atoms with Crippen LogP contribution in [0.2, 0.25) is 0 Å². The second kappa shape index (κ2) is 6.17. The Labute approximate surface area is 106 Å². The first kappa shape index (κ1) is 13.3. The smallest absolute Gasteiger partial charge is 0.0247 e. The lowest BCUT2D eigenvalue weighted by molar-refractivity contribution is 0.0865. The van der Waals surface area contributed by atoms with Crippen molar-refractivity contribution in [2.45, 2.75) is 50.6 Å². The van der Waals surface area contributed by atoms with E-state index < -0.39 is 0 Å². The fourth-order valence-electron chi connectivity index (χ4n) is 3.58. The van der Waals surface area contributed by atoms with Gasteiger partial charge in [-0.2, -0.15) is 0 Å². The lowest BCUT2D eigenvalue weighted by Gasteiger charge is -2.42. The molecule has 2 atom stereocenters. The summed E-state index contributed by atoms with van der Waals surface area (Å²) in [7, 11) is 4.37. The molecule has 2 rings (SSSR count). The van der Waals surface area contributed by atoms with Gasteiger partial charge in [0.05, 0.1) is 0 Å². The zero-order chi connectivity index (χ0) is 12.3. The van der Waals surface area contributed by atoms with Gasteiger partial charge in [0.25, 0.3) is 0 Å². The number of nitrogens with two attached hydrogens (primary N) is 1. The first-order valence-corrected chi connectivity index (χ1v) is 7.31. The van der Waals surface area contributed by atoms with Crippen LogP contribution in [0.5, 0.6) is 0 Å². The van der Waals surface area contributed by atoms with Gasteiger partial charge in [0.2, 0.25) is 0 Å². The van der Waals surface area contributed by atoms with E-state index >= 15 is 0 Å². The Morgan fingerprint density at radius 2 is 1.71 bits per heavy atom. The molecule has 1 saturated carbocycles. The minimum Gasteiger partial charge on any atom is -0.326 e. The molecule has 0 aromatic rings. The summed E-state index contributed by atoms with van der Waals surface area (Å²) in [6.45, 7) is 3.80. The van der Waals surface area contributed by atoms with Crippen molar-refractivity contribution in [1.82, 2.24) is 9.80 Å². The van der Waals surface area contributed by atoms with Crippen LogP contribution in [0.25, 0.3) is 0 Å². The van der Waals surface area contributed by atoms with E-state index in [1.807, 2.05) is 0 Å². The van der Waals surface area contributed by atoms with Crippen molar-refractivity contribution in [3.8, 4) is 0 Å². The lowest BCUT2D eigenvalue weighted by atomic mass is 9.87. The van der Waals surface area contributed by atoms with Crippen molar-refractivity contribution in [3.05, 3.63) is 0 Å². The average Bonchev–Trinajstić information content (AvgIpc) is 2.30. The van der Waals surface area contributed by atoms with Crippen molar-refractivity contribution in [2.24, 2.45) is 11.7 Å². The highest BCUT2D eigenvalue weighted by Gasteiger charge is 2.30. The third-order valence-electron chi connectivity index (χ3n) is 4.52. The summed E-state index contributed by atoms with van der Waals surface area (Å²) < 4.78 is 0. The standard InChI is InChI=1S/C14H29N3/c1-16(2)11-12-7-9-17(10-8-12)14-6-4-3-5-13(14)15/h12-14H,3-11,15H2,1-2H3. The number of piperidine rings is 1. The van der Waals surface area contributed by atoms with Crippen LogP contribution in [-0.2, 0) is 0 Å². The molecule has 1 aliphatic heterocycles. The van der Waals surface area contributed by atoms with Crippen LogP contribution in [0.15, 0.2) is 0 Å². The van der Waals surface area contributed by atoms with Gasteiger partial charge >= 0.3 is 0 Å². The van der Waals surface area contributed by atoms with Crippen LogP contribution in [0.3, 0.4) is 0 Å². The molecule has 0 aromatic heterocycles. The van der Waals surface area contributed by atoms with Crippen LogP contribution < -0.4 is 5.73 Å². The minimum absolute atomic E-state index is 0.439. The van der Waals surface area contributed by atoms with Gasteiger partial charge in [-0.25, -0.2) is 0 Å². The normalized spacial score (nSPS) is 33.2. The molecule has 1 heterocycles. The summed E-state index contributed by atoms with van der Waals surface area (Å²) in [5, 5.41) is 0. The van der Waals surface area contributed by atoms with Gasteiger partial charge in [0.1, 0.15) is 0 Å². The first-order valence-electron chi connectivity index (χ1n) is 7.31. The monoisotopic (exact) mass is 239 g/mol. The second-order valence-electron chi connectivity index (χ2n) is 6.26. The molecule has 2 fully saturated rings. The molecule has 0 aromatic carbocycles. The van der Waals surface area contributed by atoms with Gasteiger partial charge in [-0.3, -0.25) is 4.90 Å². The molecule has 0 radical (unpaired) electrons. The van der Waals surface area contributed by atoms with Gasteiger partial charge in [-0.15, -0.1) is 0 Å². The molecule has 0 spiro atoms. The summed E-state index contributed by atoms with van der Waals surface area (Å²) in [6.07, 6.45) is 8.02.